The second-order valence-electron chi connectivity index (χ2n) is 5.47. The van der Waals surface area contributed by atoms with Crippen molar-refractivity contribution in [2.75, 3.05) is 5.75 Å². The molecule has 0 atom stereocenters. The summed E-state index contributed by atoms with van der Waals surface area (Å²) in [5, 5.41) is 0. The molecule has 0 radical (unpaired) electrons. The number of benzene rings is 1. The Morgan fingerprint density at radius 1 is 1.20 bits per heavy atom. The van der Waals surface area contributed by atoms with Gasteiger partial charge in [-0.15, -0.1) is 11.8 Å². The van der Waals surface area contributed by atoms with Crippen LogP contribution in [0.4, 0.5) is 4.39 Å². The first-order chi connectivity index (χ1) is 11.9. The van der Waals surface area contributed by atoms with Gasteiger partial charge in [-0.3, -0.25) is 4.98 Å². The van der Waals surface area contributed by atoms with Crippen molar-refractivity contribution in [3.05, 3.63) is 66.4 Å². The van der Waals surface area contributed by atoms with E-state index in [1.54, 1.807) is 43.5 Å². The van der Waals surface area contributed by atoms with E-state index < -0.39 is 15.8 Å². The maximum atomic E-state index is 14.2. The number of pyridine rings is 1. The first kappa shape index (κ1) is 17.7. The zero-order valence-electron chi connectivity index (χ0n) is 13.8. The topological polar surface area (TPSA) is 52.0 Å². The Kier molecular flexibility index (Phi) is 4.96. The fraction of sp³-hybridized carbons (Fsp3) is 0.167. The second-order valence-corrected chi connectivity index (χ2v) is 8.63. The van der Waals surface area contributed by atoms with Crippen molar-refractivity contribution < 1.29 is 12.8 Å². The van der Waals surface area contributed by atoms with Crippen LogP contribution in [0.3, 0.4) is 0 Å². The minimum absolute atomic E-state index is 0.0825. The molecule has 0 bridgehead atoms. The number of halogens is 1. The predicted molar refractivity (Wildman–Crippen MR) is 97.8 cm³/mol. The van der Waals surface area contributed by atoms with E-state index in [1.807, 2.05) is 6.92 Å². The monoisotopic (exact) mass is 376 g/mol. The van der Waals surface area contributed by atoms with Crippen molar-refractivity contribution >= 4 is 21.8 Å². The second kappa shape index (κ2) is 7.01. The van der Waals surface area contributed by atoms with Gasteiger partial charge in [0.15, 0.2) is 0 Å². The molecule has 2 aromatic heterocycles. The maximum Gasteiger partial charge on any atom is 0.269 e. The number of nitrogens with zero attached hydrogens (tertiary/aromatic N) is 2. The van der Waals surface area contributed by atoms with Crippen LogP contribution in [0, 0.1) is 12.7 Å². The van der Waals surface area contributed by atoms with E-state index in [1.165, 1.54) is 30.2 Å². The normalized spacial score (nSPS) is 11.6. The van der Waals surface area contributed by atoms with Crippen LogP contribution in [0.1, 0.15) is 12.5 Å². The molecule has 0 aliphatic carbocycles. The quantitative estimate of drug-likeness (QED) is 0.622. The molecule has 7 heteroatoms. The molecule has 3 aromatic rings. The van der Waals surface area contributed by atoms with Crippen molar-refractivity contribution in [3.63, 3.8) is 0 Å². The number of hydrogen-bond acceptors (Lipinski definition) is 4. The number of rotatable bonds is 5. The molecular weight excluding hydrogens is 359 g/mol. The summed E-state index contributed by atoms with van der Waals surface area (Å²) in [7, 11) is -3.88. The summed E-state index contributed by atoms with van der Waals surface area (Å²) in [5.41, 5.74) is 1.27. The molecule has 25 heavy (non-hydrogen) atoms. The Balaban J connectivity index is 2.16. The number of aromatic nitrogens is 2. The Morgan fingerprint density at radius 3 is 2.68 bits per heavy atom. The lowest BCUT2D eigenvalue weighted by atomic mass is 10.1. The average molecular weight is 376 g/mol. The van der Waals surface area contributed by atoms with Crippen LogP contribution in [0.5, 0.6) is 0 Å². The van der Waals surface area contributed by atoms with Crippen molar-refractivity contribution in [3.8, 4) is 11.3 Å². The number of thioether (sulfide) groups is 1. The van der Waals surface area contributed by atoms with Crippen molar-refractivity contribution in [1.82, 2.24) is 8.96 Å². The van der Waals surface area contributed by atoms with Crippen LogP contribution in [0.15, 0.2) is 64.8 Å². The van der Waals surface area contributed by atoms with Crippen molar-refractivity contribution in [2.24, 2.45) is 0 Å². The molecule has 3 rings (SSSR count). The highest BCUT2D eigenvalue weighted by molar-refractivity contribution is 7.99. The molecule has 0 saturated carbocycles. The number of aryl methyl sites for hydroxylation is 1. The van der Waals surface area contributed by atoms with Crippen LogP contribution in [-0.4, -0.2) is 23.1 Å². The zero-order valence-corrected chi connectivity index (χ0v) is 15.4. The first-order valence-corrected chi connectivity index (χ1v) is 10.1. The van der Waals surface area contributed by atoms with Gasteiger partial charge in [-0.05, 0) is 42.5 Å². The highest BCUT2D eigenvalue weighted by Crippen LogP contribution is 2.29. The summed E-state index contributed by atoms with van der Waals surface area (Å²) in [5.74, 6) is 0.347. The summed E-state index contributed by atoms with van der Waals surface area (Å²) in [4.78, 5) is 4.89. The van der Waals surface area contributed by atoms with Crippen molar-refractivity contribution in [1.29, 1.82) is 0 Å². The van der Waals surface area contributed by atoms with E-state index in [0.29, 0.717) is 5.69 Å². The SMILES string of the molecule is CCSc1cncc(S(=O)(=O)n2cc(C)cc2-c2ccccc2F)c1. The van der Waals surface area contributed by atoms with Gasteiger partial charge in [-0.2, -0.15) is 0 Å². The molecule has 0 spiro atoms. The van der Waals surface area contributed by atoms with Crippen LogP contribution >= 0.6 is 11.8 Å². The van der Waals surface area contributed by atoms with Crippen LogP contribution < -0.4 is 0 Å². The number of hydrogen-bond donors (Lipinski definition) is 0. The maximum absolute atomic E-state index is 14.2. The molecule has 0 N–H and O–H groups in total. The summed E-state index contributed by atoms with van der Waals surface area (Å²) < 4.78 is 41.5. The molecule has 2 heterocycles. The van der Waals surface area contributed by atoms with E-state index in [9.17, 15) is 12.8 Å². The van der Waals surface area contributed by atoms with Gasteiger partial charge in [0.25, 0.3) is 10.0 Å². The smallest absolute Gasteiger partial charge is 0.262 e. The third kappa shape index (κ3) is 3.48. The summed E-state index contributed by atoms with van der Waals surface area (Å²) in [6.07, 6.45) is 4.44. The standard InChI is InChI=1S/C18H17FN2O2S2/c1-3-24-14-9-15(11-20-10-14)25(22,23)21-12-13(2)8-18(21)16-6-4-5-7-17(16)19/h4-12H,3H2,1-2H3. The van der Waals surface area contributed by atoms with Gasteiger partial charge in [-0.25, -0.2) is 16.8 Å². The van der Waals surface area contributed by atoms with E-state index >= 15 is 0 Å². The molecule has 0 saturated heterocycles. The average Bonchev–Trinajstić information content (AvgIpc) is 2.98. The largest absolute Gasteiger partial charge is 0.269 e. The Morgan fingerprint density at radius 2 is 1.96 bits per heavy atom. The molecule has 0 unspecified atom stereocenters. The lowest BCUT2D eigenvalue weighted by molar-refractivity contribution is 0.587. The van der Waals surface area contributed by atoms with Crippen molar-refractivity contribution in [2.45, 2.75) is 23.6 Å². The minimum Gasteiger partial charge on any atom is -0.262 e. The third-order valence-electron chi connectivity index (χ3n) is 3.63. The van der Waals surface area contributed by atoms with Crippen LogP contribution in [0.2, 0.25) is 0 Å². The fourth-order valence-electron chi connectivity index (χ4n) is 2.53. The predicted octanol–water partition coefficient (Wildman–Crippen LogP) is 4.35. The van der Waals surface area contributed by atoms with Crippen LogP contribution in [-0.2, 0) is 10.0 Å². The third-order valence-corrected chi connectivity index (χ3v) is 6.11. The lowest BCUT2D eigenvalue weighted by Crippen LogP contribution is -2.14. The molecule has 0 aliphatic rings. The lowest BCUT2D eigenvalue weighted by Gasteiger charge is -2.11. The van der Waals surface area contributed by atoms with Gasteiger partial charge in [0, 0.05) is 29.0 Å². The molecule has 0 amide bonds. The van der Waals surface area contributed by atoms with Gasteiger partial charge in [-0.1, -0.05) is 19.1 Å². The summed E-state index contributed by atoms with van der Waals surface area (Å²) in [6, 6.07) is 9.39. The molecular formula is C18H17FN2O2S2. The summed E-state index contributed by atoms with van der Waals surface area (Å²) in [6.45, 7) is 3.76. The van der Waals surface area contributed by atoms with E-state index in [0.717, 1.165) is 20.2 Å². The van der Waals surface area contributed by atoms with E-state index in [4.69, 9.17) is 0 Å². The van der Waals surface area contributed by atoms with Gasteiger partial charge in [0.05, 0.1) is 5.69 Å². The molecule has 0 fully saturated rings. The van der Waals surface area contributed by atoms with Crippen LogP contribution in [0.25, 0.3) is 11.3 Å². The fourth-order valence-corrected chi connectivity index (χ4v) is 4.70. The Hall–Kier alpha value is -2.12. The summed E-state index contributed by atoms with van der Waals surface area (Å²) >= 11 is 1.51. The molecule has 130 valence electrons. The van der Waals surface area contributed by atoms with Gasteiger partial charge >= 0.3 is 0 Å². The van der Waals surface area contributed by atoms with Gasteiger partial charge < -0.3 is 0 Å². The Labute approximate surface area is 150 Å². The zero-order chi connectivity index (χ0) is 18.0. The Bertz CT molecular complexity index is 1010. The molecule has 4 nitrogen and oxygen atoms in total. The van der Waals surface area contributed by atoms with Gasteiger partial charge in [0.1, 0.15) is 10.7 Å². The van der Waals surface area contributed by atoms with E-state index in [-0.39, 0.29) is 10.5 Å². The van der Waals surface area contributed by atoms with E-state index in [2.05, 4.69) is 4.98 Å². The highest BCUT2D eigenvalue weighted by Gasteiger charge is 2.23. The highest BCUT2D eigenvalue weighted by atomic mass is 32.2. The molecule has 0 aliphatic heterocycles. The molecule has 1 aromatic carbocycles. The minimum atomic E-state index is -3.88. The van der Waals surface area contributed by atoms with Gasteiger partial charge in [0.2, 0.25) is 0 Å². The first-order valence-electron chi connectivity index (χ1n) is 7.71.